The van der Waals surface area contributed by atoms with Crippen molar-refractivity contribution in [2.24, 2.45) is 0 Å². The highest BCUT2D eigenvalue weighted by Crippen LogP contribution is 2.24. The van der Waals surface area contributed by atoms with E-state index < -0.39 is 29.3 Å². The molecule has 0 bridgehead atoms. The van der Waals surface area contributed by atoms with Crippen molar-refractivity contribution in [3.05, 3.63) is 83.1 Å². The molecule has 0 saturated heterocycles. The van der Waals surface area contributed by atoms with Crippen molar-refractivity contribution in [2.75, 3.05) is 16.0 Å². The van der Waals surface area contributed by atoms with Crippen molar-refractivity contribution in [2.45, 2.75) is 19.4 Å². The van der Waals surface area contributed by atoms with Crippen LogP contribution in [0.15, 0.2) is 66.7 Å². The van der Waals surface area contributed by atoms with Crippen LogP contribution in [-0.2, 0) is 4.79 Å². The second-order valence-corrected chi connectivity index (χ2v) is 8.06. The minimum absolute atomic E-state index is 0.0386. The van der Waals surface area contributed by atoms with Gasteiger partial charge in [0.2, 0.25) is 0 Å². The van der Waals surface area contributed by atoms with Gasteiger partial charge in [-0.1, -0.05) is 23.7 Å². The fraction of sp³-hybridized carbons (Fsp3) is 0.125. The van der Waals surface area contributed by atoms with E-state index in [2.05, 4.69) is 16.0 Å². The largest absolute Gasteiger partial charge is 0.478 e. The lowest BCUT2D eigenvalue weighted by Gasteiger charge is -2.25. The van der Waals surface area contributed by atoms with Crippen LogP contribution in [0.2, 0.25) is 5.02 Å². The predicted octanol–water partition coefficient (Wildman–Crippen LogP) is 5.62. The Hall–Kier alpha value is -4.11. The maximum Gasteiger partial charge on any atom is 0.337 e. The minimum atomic E-state index is -1.33. The number of urea groups is 1. The Labute approximate surface area is 199 Å². The molecule has 34 heavy (non-hydrogen) atoms. The zero-order valence-electron chi connectivity index (χ0n) is 18.2. The third kappa shape index (κ3) is 6.23. The summed E-state index contributed by atoms with van der Waals surface area (Å²) < 4.78 is 19.0. The molecule has 0 aliphatic rings. The molecule has 0 aromatic heterocycles. The third-order valence-electron chi connectivity index (χ3n) is 4.62. The fourth-order valence-corrected chi connectivity index (χ4v) is 3.05. The lowest BCUT2D eigenvalue weighted by atomic mass is 10.1. The van der Waals surface area contributed by atoms with Gasteiger partial charge in [-0.15, -0.1) is 0 Å². The molecule has 0 unspecified atom stereocenters. The molecule has 0 radical (unpaired) electrons. The zero-order chi connectivity index (χ0) is 24.9. The van der Waals surface area contributed by atoms with Gasteiger partial charge >= 0.3 is 12.0 Å². The molecule has 176 valence electrons. The first-order valence-electron chi connectivity index (χ1n) is 10.0. The van der Waals surface area contributed by atoms with Crippen LogP contribution in [0.1, 0.15) is 24.2 Å². The summed E-state index contributed by atoms with van der Waals surface area (Å²) in [5, 5.41) is 16.9. The van der Waals surface area contributed by atoms with Crippen molar-refractivity contribution in [3.63, 3.8) is 0 Å². The van der Waals surface area contributed by atoms with Crippen molar-refractivity contribution in [1.82, 2.24) is 0 Å². The van der Waals surface area contributed by atoms with E-state index in [9.17, 15) is 23.9 Å². The van der Waals surface area contributed by atoms with E-state index in [4.69, 9.17) is 16.3 Å². The second kappa shape index (κ2) is 10.2. The summed E-state index contributed by atoms with van der Waals surface area (Å²) in [5.74, 6) is -1.95. The van der Waals surface area contributed by atoms with Crippen LogP contribution in [0.3, 0.4) is 0 Å². The van der Waals surface area contributed by atoms with Crippen molar-refractivity contribution < 1.29 is 28.6 Å². The number of carbonyl (C=O) groups excluding carboxylic acids is 2. The van der Waals surface area contributed by atoms with Gasteiger partial charge in [0.15, 0.2) is 5.60 Å². The van der Waals surface area contributed by atoms with E-state index in [1.807, 2.05) is 0 Å². The second-order valence-electron chi connectivity index (χ2n) is 7.65. The number of benzene rings is 3. The normalized spacial score (nSPS) is 10.8. The third-order valence-corrected chi connectivity index (χ3v) is 4.90. The van der Waals surface area contributed by atoms with Gasteiger partial charge in [-0.2, -0.15) is 0 Å². The molecular weight excluding hydrogens is 465 g/mol. The van der Waals surface area contributed by atoms with Gasteiger partial charge < -0.3 is 25.8 Å². The molecule has 3 amide bonds. The molecule has 0 spiro atoms. The molecule has 3 aromatic carbocycles. The van der Waals surface area contributed by atoms with Crippen LogP contribution < -0.4 is 20.7 Å². The molecule has 3 aromatic rings. The van der Waals surface area contributed by atoms with Gasteiger partial charge in [-0.25, -0.2) is 14.0 Å². The van der Waals surface area contributed by atoms with E-state index in [0.29, 0.717) is 17.1 Å². The summed E-state index contributed by atoms with van der Waals surface area (Å²) in [6.07, 6.45) is 0. The number of nitrogens with one attached hydrogen (secondary N) is 3. The average Bonchev–Trinajstić information content (AvgIpc) is 2.77. The average molecular weight is 486 g/mol. The topological polar surface area (TPSA) is 117 Å². The summed E-state index contributed by atoms with van der Waals surface area (Å²) in [5.41, 5.74) is -0.454. The first-order valence-corrected chi connectivity index (χ1v) is 10.4. The van der Waals surface area contributed by atoms with Crippen LogP contribution in [0.5, 0.6) is 5.75 Å². The van der Waals surface area contributed by atoms with Gasteiger partial charge in [-0.05, 0) is 68.4 Å². The number of anilines is 3. The summed E-state index contributed by atoms with van der Waals surface area (Å²) >= 11 is 5.70. The van der Waals surface area contributed by atoms with E-state index in [0.717, 1.165) is 6.07 Å². The molecule has 4 N–H and O–H groups in total. The fourth-order valence-electron chi connectivity index (χ4n) is 2.87. The zero-order valence-corrected chi connectivity index (χ0v) is 18.9. The molecule has 0 aliphatic heterocycles. The number of amides is 3. The lowest BCUT2D eigenvalue weighted by Crippen LogP contribution is -2.42. The molecule has 0 fully saturated rings. The molecule has 0 atom stereocenters. The first-order chi connectivity index (χ1) is 16.0. The van der Waals surface area contributed by atoms with Crippen LogP contribution in [0, 0.1) is 5.82 Å². The van der Waals surface area contributed by atoms with Gasteiger partial charge in [0.05, 0.1) is 16.3 Å². The number of halogens is 2. The Balaban J connectivity index is 1.60. The highest BCUT2D eigenvalue weighted by Gasteiger charge is 2.31. The summed E-state index contributed by atoms with van der Waals surface area (Å²) in [4.78, 5) is 36.2. The number of hydrogen-bond acceptors (Lipinski definition) is 4. The molecule has 0 aliphatic carbocycles. The van der Waals surface area contributed by atoms with Gasteiger partial charge in [-0.3, -0.25) is 4.79 Å². The molecule has 3 rings (SSSR count). The summed E-state index contributed by atoms with van der Waals surface area (Å²) in [6.45, 7) is 3.08. The lowest BCUT2D eigenvalue weighted by molar-refractivity contribution is -0.128. The molecule has 0 heterocycles. The molecule has 0 saturated carbocycles. The SMILES string of the molecule is CC(C)(Oc1ccc(NC(=O)Nc2ccc(F)c(Cl)c2)cc1)C(=O)Nc1ccccc1C(=O)O. The van der Waals surface area contributed by atoms with E-state index in [-0.39, 0.29) is 16.3 Å². The number of para-hydroxylation sites is 1. The highest BCUT2D eigenvalue weighted by molar-refractivity contribution is 6.31. The molecular formula is C24H21ClFN3O5. The standard InChI is InChI=1S/C24H21ClFN3O5/c1-24(2,22(32)29-20-6-4-3-5-17(20)21(30)31)34-16-10-7-14(8-11-16)27-23(33)28-15-9-12-19(26)18(25)13-15/h3-13H,1-2H3,(H,29,32)(H,30,31)(H2,27,28,33). The maximum atomic E-state index is 13.2. The number of hydrogen-bond donors (Lipinski definition) is 4. The van der Waals surface area contributed by atoms with E-state index in [1.54, 1.807) is 50.2 Å². The maximum absolute atomic E-state index is 13.2. The van der Waals surface area contributed by atoms with Gasteiger partial charge in [0.1, 0.15) is 11.6 Å². The number of ether oxygens (including phenoxy) is 1. The Morgan fingerprint density at radius 2 is 1.53 bits per heavy atom. The number of carbonyl (C=O) groups is 3. The van der Waals surface area contributed by atoms with Crippen molar-refractivity contribution >= 4 is 46.6 Å². The Morgan fingerprint density at radius 3 is 2.18 bits per heavy atom. The monoisotopic (exact) mass is 485 g/mol. The highest BCUT2D eigenvalue weighted by atomic mass is 35.5. The number of aromatic carboxylic acids is 1. The van der Waals surface area contributed by atoms with Crippen LogP contribution >= 0.6 is 11.6 Å². The van der Waals surface area contributed by atoms with E-state index >= 15 is 0 Å². The van der Waals surface area contributed by atoms with Crippen molar-refractivity contribution in [3.8, 4) is 5.75 Å². The Morgan fingerprint density at radius 1 is 0.912 bits per heavy atom. The quantitative estimate of drug-likeness (QED) is 0.346. The van der Waals surface area contributed by atoms with E-state index in [1.165, 1.54) is 24.3 Å². The molecule has 10 heteroatoms. The van der Waals surface area contributed by atoms with Crippen LogP contribution in [0.25, 0.3) is 0 Å². The smallest absolute Gasteiger partial charge is 0.337 e. The number of carboxylic acid groups (broad SMARTS) is 1. The Kier molecular flexibility index (Phi) is 7.37. The minimum Gasteiger partial charge on any atom is -0.478 e. The first kappa shape index (κ1) is 24.5. The predicted molar refractivity (Wildman–Crippen MR) is 127 cm³/mol. The molecule has 8 nitrogen and oxygen atoms in total. The summed E-state index contributed by atoms with van der Waals surface area (Å²) in [6, 6.07) is 15.6. The number of carboxylic acids is 1. The van der Waals surface area contributed by atoms with Crippen LogP contribution in [-0.4, -0.2) is 28.6 Å². The van der Waals surface area contributed by atoms with Gasteiger partial charge in [0.25, 0.3) is 5.91 Å². The number of rotatable bonds is 7. The summed E-state index contributed by atoms with van der Waals surface area (Å²) in [7, 11) is 0. The van der Waals surface area contributed by atoms with Gasteiger partial charge in [0, 0.05) is 11.4 Å². The van der Waals surface area contributed by atoms with Crippen LogP contribution in [0.4, 0.5) is 26.2 Å². The van der Waals surface area contributed by atoms with Crippen molar-refractivity contribution in [1.29, 1.82) is 0 Å². The Bertz CT molecular complexity index is 1230.